The smallest absolute Gasteiger partial charge is 0.203 e. The number of anilines is 1. The van der Waals surface area contributed by atoms with E-state index in [4.69, 9.17) is 0 Å². The van der Waals surface area contributed by atoms with E-state index in [0.29, 0.717) is 5.13 Å². The quantitative estimate of drug-likeness (QED) is 0.418. The van der Waals surface area contributed by atoms with Gasteiger partial charge in [0, 0.05) is 22.8 Å². The van der Waals surface area contributed by atoms with Crippen molar-refractivity contribution in [1.82, 2.24) is 4.98 Å². The summed E-state index contributed by atoms with van der Waals surface area (Å²) in [5.41, 5.74) is 4.71. The van der Waals surface area contributed by atoms with Gasteiger partial charge in [-0.3, -0.25) is 5.43 Å². The maximum atomic E-state index is 13.4. The van der Waals surface area contributed by atoms with Crippen molar-refractivity contribution in [2.24, 2.45) is 5.10 Å². The molecule has 1 heterocycles. The first-order valence-corrected chi connectivity index (χ1v) is 10.0. The number of rotatable bonds is 5. The van der Waals surface area contributed by atoms with E-state index in [0.717, 1.165) is 29.6 Å². The van der Waals surface area contributed by atoms with Crippen molar-refractivity contribution in [2.45, 2.75) is 4.90 Å². The third kappa shape index (κ3) is 4.28. The predicted molar refractivity (Wildman–Crippen MR) is 98.3 cm³/mol. The minimum atomic E-state index is -3.48. The molecule has 2 aromatic carbocycles. The van der Waals surface area contributed by atoms with E-state index >= 15 is 0 Å². The van der Waals surface area contributed by atoms with Crippen LogP contribution in [-0.4, -0.2) is 25.9 Å². The molecule has 8 heteroatoms. The third-order valence-electron chi connectivity index (χ3n) is 3.31. The number of nitrogens with zero attached hydrogens (tertiary/aromatic N) is 2. The van der Waals surface area contributed by atoms with Crippen LogP contribution in [0, 0.1) is 5.82 Å². The highest BCUT2D eigenvalue weighted by Crippen LogP contribution is 2.24. The minimum absolute atomic E-state index is 0.0172. The lowest BCUT2D eigenvalue weighted by atomic mass is 10.2. The van der Waals surface area contributed by atoms with Gasteiger partial charge in [-0.1, -0.05) is 30.3 Å². The number of hydrogen-bond donors (Lipinski definition) is 1. The van der Waals surface area contributed by atoms with Gasteiger partial charge in [-0.05, 0) is 18.2 Å². The maximum Gasteiger partial charge on any atom is 0.203 e. The highest BCUT2D eigenvalue weighted by atomic mass is 32.2. The van der Waals surface area contributed by atoms with Crippen molar-refractivity contribution in [3.8, 4) is 11.3 Å². The normalized spacial score (nSPS) is 11.8. The Balaban J connectivity index is 1.79. The molecular weight excluding hydrogens is 361 g/mol. The van der Waals surface area contributed by atoms with Gasteiger partial charge in [0.05, 0.1) is 16.8 Å². The summed E-state index contributed by atoms with van der Waals surface area (Å²) in [6.45, 7) is 0. The Morgan fingerprint density at radius 1 is 1.20 bits per heavy atom. The summed E-state index contributed by atoms with van der Waals surface area (Å²) in [7, 11) is -3.48. The van der Waals surface area contributed by atoms with Crippen molar-refractivity contribution in [3.05, 3.63) is 65.3 Å². The number of hydrazone groups is 1. The number of nitrogens with one attached hydrogen (secondary N) is 1. The lowest BCUT2D eigenvalue weighted by Gasteiger charge is -2.03. The van der Waals surface area contributed by atoms with Crippen LogP contribution in [0.5, 0.6) is 0 Å². The van der Waals surface area contributed by atoms with Crippen LogP contribution < -0.4 is 5.43 Å². The molecule has 3 rings (SSSR count). The summed E-state index contributed by atoms with van der Waals surface area (Å²) in [6, 6.07) is 13.1. The largest absolute Gasteiger partial charge is 0.253 e. The van der Waals surface area contributed by atoms with Crippen molar-refractivity contribution in [1.29, 1.82) is 0 Å². The number of halogens is 1. The molecule has 0 aliphatic heterocycles. The monoisotopic (exact) mass is 375 g/mol. The molecule has 1 N–H and O–H groups in total. The number of sulfone groups is 1. The second kappa shape index (κ2) is 7.12. The van der Waals surface area contributed by atoms with Crippen LogP contribution in [0.3, 0.4) is 0 Å². The van der Waals surface area contributed by atoms with Crippen LogP contribution in [-0.2, 0) is 9.84 Å². The van der Waals surface area contributed by atoms with Crippen LogP contribution in [0.4, 0.5) is 9.52 Å². The average molecular weight is 375 g/mol. The number of hydrogen-bond acceptors (Lipinski definition) is 6. The van der Waals surface area contributed by atoms with E-state index in [1.807, 2.05) is 35.7 Å². The number of benzene rings is 2. The molecule has 0 unspecified atom stereocenters. The van der Waals surface area contributed by atoms with Gasteiger partial charge in [-0.2, -0.15) is 5.10 Å². The molecule has 0 saturated carbocycles. The zero-order valence-electron chi connectivity index (χ0n) is 13.2. The summed E-state index contributed by atoms with van der Waals surface area (Å²) >= 11 is 1.36. The minimum Gasteiger partial charge on any atom is -0.253 e. The van der Waals surface area contributed by atoms with Crippen molar-refractivity contribution in [3.63, 3.8) is 0 Å². The molecular formula is C17H14FN3O2S2. The molecule has 0 amide bonds. The Morgan fingerprint density at radius 3 is 2.68 bits per heavy atom. The fraction of sp³-hybridized carbons (Fsp3) is 0.0588. The molecule has 5 nitrogen and oxygen atoms in total. The molecule has 3 aromatic rings. The zero-order valence-corrected chi connectivity index (χ0v) is 14.8. The van der Waals surface area contributed by atoms with E-state index in [1.54, 1.807) is 0 Å². The predicted octanol–water partition coefficient (Wildman–Crippen LogP) is 3.80. The van der Waals surface area contributed by atoms with Gasteiger partial charge in [-0.25, -0.2) is 17.8 Å². The van der Waals surface area contributed by atoms with Crippen LogP contribution in [0.25, 0.3) is 11.3 Å². The first-order valence-electron chi connectivity index (χ1n) is 7.23. The molecule has 0 fully saturated rings. The van der Waals surface area contributed by atoms with Crippen molar-refractivity contribution < 1.29 is 12.8 Å². The number of aromatic nitrogens is 1. The number of thiazole rings is 1. The third-order valence-corrected chi connectivity index (χ3v) is 5.23. The standard InChI is InChI=1S/C17H14FN3O2S2/c1-25(22,23)16-8-7-14(18)9-13(16)10-19-21-17-20-15(11-24-17)12-5-3-2-4-6-12/h2-11H,1H3,(H,20,21). The fourth-order valence-electron chi connectivity index (χ4n) is 2.18. The van der Waals surface area contributed by atoms with Gasteiger partial charge in [0.2, 0.25) is 5.13 Å². The summed E-state index contributed by atoms with van der Waals surface area (Å²) in [4.78, 5) is 4.42. The highest BCUT2D eigenvalue weighted by molar-refractivity contribution is 7.90. The molecule has 0 bridgehead atoms. The molecule has 128 valence electrons. The molecule has 1 aromatic heterocycles. The summed E-state index contributed by atoms with van der Waals surface area (Å²) in [5.74, 6) is -0.533. The van der Waals surface area contributed by atoms with Gasteiger partial charge in [0.1, 0.15) is 5.82 Å². The van der Waals surface area contributed by atoms with Crippen LogP contribution in [0.2, 0.25) is 0 Å². The highest BCUT2D eigenvalue weighted by Gasteiger charge is 2.12. The van der Waals surface area contributed by atoms with Gasteiger partial charge in [0.25, 0.3) is 0 Å². The van der Waals surface area contributed by atoms with E-state index in [1.165, 1.54) is 23.6 Å². The molecule has 0 atom stereocenters. The summed E-state index contributed by atoms with van der Waals surface area (Å²) < 4.78 is 36.9. The maximum absolute atomic E-state index is 13.4. The van der Waals surface area contributed by atoms with Crippen LogP contribution in [0.1, 0.15) is 5.56 Å². The van der Waals surface area contributed by atoms with Crippen molar-refractivity contribution >= 4 is 32.5 Å². The Labute approximate surface area is 148 Å². The molecule has 0 aliphatic carbocycles. The van der Waals surface area contributed by atoms with Crippen LogP contribution >= 0.6 is 11.3 Å². The second-order valence-electron chi connectivity index (χ2n) is 5.23. The Morgan fingerprint density at radius 2 is 1.96 bits per heavy atom. The van der Waals surface area contributed by atoms with Gasteiger partial charge in [-0.15, -0.1) is 11.3 Å². The molecule has 0 radical (unpaired) electrons. The zero-order chi connectivity index (χ0) is 17.9. The summed E-state index contributed by atoms with van der Waals surface area (Å²) in [6.07, 6.45) is 2.33. The molecule has 0 aliphatic rings. The topological polar surface area (TPSA) is 71.4 Å². The molecule has 25 heavy (non-hydrogen) atoms. The molecule has 0 saturated heterocycles. The SMILES string of the molecule is CS(=O)(=O)c1ccc(F)cc1C=NNc1nc(-c2ccccc2)cs1. The fourth-order valence-corrected chi connectivity index (χ4v) is 3.71. The molecule has 0 spiro atoms. The van der Waals surface area contributed by atoms with Gasteiger partial charge < -0.3 is 0 Å². The van der Waals surface area contributed by atoms with Gasteiger partial charge >= 0.3 is 0 Å². The Kier molecular flexibility index (Phi) is 4.91. The first-order chi connectivity index (χ1) is 11.9. The lowest BCUT2D eigenvalue weighted by Crippen LogP contribution is -2.03. The van der Waals surface area contributed by atoms with E-state index in [2.05, 4.69) is 15.5 Å². The Hall–Kier alpha value is -2.58. The van der Waals surface area contributed by atoms with Crippen molar-refractivity contribution in [2.75, 3.05) is 11.7 Å². The van der Waals surface area contributed by atoms with E-state index in [-0.39, 0.29) is 10.5 Å². The second-order valence-corrected chi connectivity index (χ2v) is 8.07. The van der Waals surface area contributed by atoms with E-state index in [9.17, 15) is 12.8 Å². The average Bonchev–Trinajstić information content (AvgIpc) is 3.03. The lowest BCUT2D eigenvalue weighted by molar-refractivity contribution is 0.600. The van der Waals surface area contributed by atoms with Gasteiger partial charge in [0.15, 0.2) is 9.84 Å². The Bertz CT molecular complexity index is 1020. The summed E-state index contributed by atoms with van der Waals surface area (Å²) in [5, 5.41) is 6.41. The van der Waals surface area contributed by atoms with E-state index < -0.39 is 15.7 Å². The first kappa shape index (κ1) is 17.2. The van der Waals surface area contributed by atoms with Crippen LogP contribution in [0.15, 0.2) is 63.9 Å².